The molecule has 0 spiro atoms. The van der Waals surface area contributed by atoms with Crippen LogP contribution in [0.15, 0.2) is 41.7 Å². The lowest BCUT2D eigenvalue weighted by Crippen LogP contribution is -2.51. The maximum absolute atomic E-state index is 14.3. The third kappa shape index (κ3) is 3.42. The summed E-state index contributed by atoms with van der Waals surface area (Å²) in [6.07, 6.45) is 4.35. The Balaban J connectivity index is 1.75. The minimum Gasteiger partial charge on any atom is -0.365 e. The van der Waals surface area contributed by atoms with Crippen molar-refractivity contribution in [2.24, 2.45) is 5.73 Å². The Morgan fingerprint density at radius 3 is 2.96 bits per heavy atom. The second-order valence-electron chi connectivity index (χ2n) is 5.95. The molecule has 6 nitrogen and oxygen atoms in total. The summed E-state index contributed by atoms with van der Waals surface area (Å²) in [6, 6.07) is 4.55. The molecule has 1 unspecified atom stereocenters. The van der Waals surface area contributed by atoms with Crippen LogP contribution in [0.2, 0.25) is 0 Å². The molecule has 128 valence electrons. The van der Waals surface area contributed by atoms with Crippen molar-refractivity contribution < 1.29 is 9.18 Å². The minimum atomic E-state index is -0.336. The number of carbonyl (C=O) groups excluding carboxylic acids is 1. The van der Waals surface area contributed by atoms with E-state index >= 15 is 0 Å². The monoisotopic (exact) mass is 331 g/mol. The largest absolute Gasteiger partial charge is 0.365 e. The summed E-state index contributed by atoms with van der Waals surface area (Å²) < 4.78 is 14.3. The third-order valence-corrected chi connectivity index (χ3v) is 4.04. The first kappa shape index (κ1) is 16.5. The fourth-order valence-electron chi connectivity index (χ4n) is 2.79. The number of halogens is 1. The lowest BCUT2D eigenvalue weighted by molar-refractivity contribution is 0.243. The van der Waals surface area contributed by atoms with Gasteiger partial charge in [-0.1, -0.05) is 6.07 Å². The average molecular weight is 331 g/mol. The summed E-state index contributed by atoms with van der Waals surface area (Å²) in [7, 11) is 0. The molecule has 3 rings (SSSR count). The molecule has 2 amide bonds. The Kier molecular flexibility index (Phi) is 4.82. The number of hydrogen-bond donors (Lipinski definition) is 4. The zero-order chi connectivity index (χ0) is 17.1. The summed E-state index contributed by atoms with van der Waals surface area (Å²) in [5, 5.41) is 9.15. The topological polar surface area (TPSA) is 82.4 Å². The Morgan fingerprint density at radius 2 is 2.21 bits per heavy atom. The zero-order valence-corrected chi connectivity index (χ0v) is 13.6. The van der Waals surface area contributed by atoms with Gasteiger partial charge < -0.3 is 21.7 Å². The van der Waals surface area contributed by atoms with Crippen LogP contribution in [0.4, 0.5) is 14.9 Å². The van der Waals surface area contributed by atoms with Crippen molar-refractivity contribution in [1.82, 2.24) is 16.0 Å². The molecule has 7 heteroatoms. The Bertz CT molecular complexity index is 700. The zero-order valence-electron chi connectivity index (χ0n) is 13.6. The second kappa shape index (κ2) is 7.02. The van der Waals surface area contributed by atoms with Crippen molar-refractivity contribution in [1.29, 1.82) is 0 Å². The first-order chi connectivity index (χ1) is 11.6. The van der Waals surface area contributed by atoms with E-state index in [4.69, 9.17) is 5.73 Å². The fraction of sp³-hybridized carbons (Fsp3) is 0.353. The number of anilines is 1. The number of amides is 2. The number of hydrogen-bond acceptors (Lipinski definition) is 4. The molecule has 1 aromatic carbocycles. The predicted molar refractivity (Wildman–Crippen MR) is 91.6 cm³/mol. The molecule has 5 N–H and O–H groups in total. The summed E-state index contributed by atoms with van der Waals surface area (Å²) in [6.45, 7) is 3.73. The first-order valence-electron chi connectivity index (χ1n) is 8.04. The van der Waals surface area contributed by atoms with Crippen LogP contribution in [0.3, 0.4) is 0 Å². The second-order valence-corrected chi connectivity index (χ2v) is 5.95. The number of benzene rings is 1. The summed E-state index contributed by atoms with van der Waals surface area (Å²) >= 11 is 0. The number of nitrogens with zero attached hydrogens (tertiary/aromatic N) is 1. The van der Waals surface area contributed by atoms with Crippen molar-refractivity contribution in [3.63, 3.8) is 0 Å². The lowest BCUT2D eigenvalue weighted by atomic mass is 10.1. The van der Waals surface area contributed by atoms with E-state index in [-0.39, 0.29) is 18.0 Å². The molecule has 0 saturated heterocycles. The van der Waals surface area contributed by atoms with E-state index in [2.05, 4.69) is 16.0 Å². The molecule has 2 heterocycles. The Hall–Kier alpha value is -2.38. The quantitative estimate of drug-likeness (QED) is 0.596. The standard InChI is InChI=1S/C17H22FN5O/c1-11-7-13-10-23(17(24)22-16(13)21-11)14-4-3-12(15(18)8-14)9-20-6-2-5-19/h3-4,7-8,10,16,20-21H,2,5-6,9,19H2,1H3,(H,22,24). The van der Waals surface area contributed by atoms with Crippen LogP contribution in [0.1, 0.15) is 18.9 Å². The van der Waals surface area contributed by atoms with E-state index in [9.17, 15) is 9.18 Å². The van der Waals surface area contributed by atoms with Gasteiger partial charge in [-0.3, -0.25) is 4.90 Å². The molecule has 0 aromatic heterocycles. The van der Waals surface area contributed by atoms with Crippen LogP contribution in [-0.4, -0.2) is 25.3 Å². The number of nitrogens with one attached hydrogen (secondary N) is 3. The molecule has 1 atom stereocenters. The fourth-order valence-corrected chi connectivity index (χ4v) is 2.79. The molecule has 1 aromatic rings. The molecule has 0 fully saturated rings. The van der Waals surface area contributed by atoms with Gasteiger partial charge in [0.25, 0.3) is 0 Å². The van der Waals surface area contributed by atoms with Crippen molar-refractivity contribution in [3.05, 3.63) is 53.1 Å². The van der Waals surface area contributed by atoms with E-state index in [1.807, 2.05) is 13.0 Å². The van der Waals surface area contributed by atoms with Crippen LogP contribution >= 0.6 is 0 Å². The van der Waals surface area contributed by atoms with Crippen LogP contribution in [0.25, 0.3) is 0 Å². The minimum absolute atomic E-state index is 0.204. The van der Waals surface area contributed by atoms with Crippen LogP contribution < -0.4 is 26.6 Å². The van der Waals surface area contributed by atoms with Gasteiger partial charge in [0.2, 0.25) is 0 Å². The molecule has 0 bridgehead atoms. The van der Waals surface area contributed by atoms with Gasteiger partial charge in [0.1, 0.15) is 12.0 Å². The predicted octanol–water partition coefficient (Wildman–Crippen LogP) is 1.51. The number of allylic oxidation sites excluding steroid dienone is 1. The number of urea groups is 1. The lowest BCUT2D eigenvalue weighted by Gasteiger charge is -2.29. The third-order valence-electron chi connectivity index (χ3n) is 4.04. The SMILES string of the molecule is CC1=CC2=CN(c3ccc(CNCCCN)c(F)c3)C(=O)NC2N1. The molecule has 0 saturated carbocycles. The highest BCUT2D eigenvalue weighted by Crippen LogP contribution is 2.25. The smallest absolute Gasteiger partial charge is 0.327 e. The molecule has 0 radical (unpaired) electrons. The van der Waals surface area contributed by atoms with Gasteiger partial charge in [-0.2, -0.15) is 0 Å². The maximum Gasteiger partial charge on any atom is 0.327 e. The van der Waals surface area contributed by atoms with Crippen molar-refractivity contribution in [3.8, 4) is 0 Å². The van der Waals surface area contributed by atoms with Crippen LogP contribution in [0, 0.1) is 5.82 Å². The van der Waals surface area contributed by atoms with E-state index in [0.29, 0.717) is 24.3 Å². The summed E-state index contributed by atoms with van der Waals surface area (Å²) in [4.78, 5) is 13.7. The number of nitrogens with two attached hydrogens (primary N) is 1. The molecular formula is C17H22FN5O. The maximum atomic E-state index is 14.3. The van der Waals surface area contributed by atoms with E-state index in [1.54, 1.807) is 18.3 Å². The van der Waals surface area contributed by atoms with Crippen molar-refractivity contribution in [2.45, 2.75) is 26.1 Å². The highest BCUT2D eigenvalue weighted by Gasteiger charge is 2.29. The Morgan fingerprint density at radius 1 is 1.38 bits per heavy atom. The van der Waals surface area contributed by atoms with Gasteiger partial charge in [0.05, 0.1) is 5.69 Å². The van der Waals surface area contributed by atoms with Crippen LogP contribution in [0.5, 0.6) is 0 Å². The van der Waals surface area contributed by atoms with Crippen molar-refractivity contribution >= 4 is 11.7 Å². The normalized spacial score (nSPS) is 19.4. The van der Waals surface area contributed by atoms with E-state index < -0.39 is 0 Å². The van der Waals surface area contributed by atoms with Gasteiger partial charge in [0, 0.05) is 29.6 Å². The van der Waals surface area contributed by atoms with Gasteiger partial charge in [0.15, 0.2) is 0 Å². The molecule has 0 aliphatic carbocycles. The van der Waals surface area contributed by atoms with Gasteiger partial charge in [-0.05, 0) is 44.6 Å². The first-order valence-corrected chi connectivity index (χ1v) is 8.04. The average Bonchev–Trinajstić information content (AvgIpc) is 2.91. The van der Waals surface area contributed by atoms with E-state index in [1.165, 1.54) is 11.0 Å². The number of carbonyl (C=O) groups is 1. The number of rotatable bonds is 6. The van der Waals surface area contributed by atoms with Gasteiger partial charge >= 0.3 is 6.03 Å². The van der Waals surface area contributed by atoms with Crippen LogP contribution in [-0.2, 0) is 6.54 Å². The molecule has 2 aliphatic heterocycles. The Labute approximate surface area is 140 Å². The molecular weight excluding hydrogens is 309 g/mol. The highest BCUT2D eigenvalue weighted by molar-refractivity contribution is 5.96. The van der Waals surface area contributed by atoms with Gasteiger partial charge in [-0.15, -0.1) is 0 Å². The van der Waals surface area contributed by atoms with E-state index in [0.717, 1.165) is 24.2 Å². The van der Waals surface area contributed by atoms with Gasteiger partial charge in [-0.25, -0.2) is 9.18 Å². The molecule has 24 heavy (non-hydrogen) atoms. The number of fused-ring (bicyclic) bond motifs is 1. The van der Waals surface area contributed by atoms with Crippen molar-refractivity contribution in [2.75, 3.05) is 18.0 Å². The molecule has 2 aliphatic rings. The summed E-state index contributed by atoms with van der Waals surface area (Å²) in [5.41, 5.74) is 8.42. The highest BCUT2D eigenvalue weighted by atomic mass is 19.1. The summed E-state index contributed by atoms with van der Waals surface area (Å²) in [5.74, 6) is -0.336.